The second-order valence-electron chi connectivity index (χ2n) is 13.2. The van der Waals surface area contributed by atoms with Gasteiger partial charge < -0.3 is 47.9 Å². The summed E-state index contributed by atoms with van der Waals surface area (Å²) < 4.78 is 39.5. The molecule has 0 aromatic heterocycles. The second-order valence-corrected chi connectivity index (χ2v) is 13.2. The third-order valence-electron chi connectivity index (χ3n) is 9.07. The first-order valence-electron chi connectivity index (χ1n) is 16.6. The standard InChI is InChI=1S/C36H53N3O9/c1-36(2)23-38-13-10-18-48-35(41)26-21-30(44-6)33(46-8)31(22-26)47-17-9-11-27(12-14-39(24-36)16-15-38)37(3)34(40)25-19-28(42-4)32(45-7)29(20-25)43-5/h19-22,27H,9-18,23-24H2,1-8H3/t27-/m1/s1. The lowest BCUT2D eigenvalue weighted by Gasteiger charge is -2.33. The zero-order valence-electron chi connectivity index (χ0n) is 29.9. The molecule has 266 valence electrons. The predicted molar refractivity (Wildman–Crippen MR) is 182 cm³/mol. The third kappa shape index (κ3) is 9.16. The number of hydrogen-bond donors (Lipinski definition) is 0. The number of amides is 1. The number of benzene rings is 2. The van der Waals surface area contributed by atoms with Gasteiger partial charge in [0.05, 0.1) is 54.3 Å². The van der Waals surface area contributed by atoms with Gasteiger partial charge in [-0.2, -0.15) is 0 Å². The molecule has 0 radical (unpaired) electrons. The summed E-state index contributed by atoms with van der Waals surface area (Å²) in [7, 11) is 9.52. The van der Waals surface area contributed by atoms with Crippen LogP contribution in [0, 0.1) is 5.41 Å². The van der Waals surface area contributed by atoms with E-state index in [1.807, 2.05) is 11.9 Å². The van der Waals surface area contributed by atoms with Crippen LogP contribution < -0.4 is 28.4 Å². The van der Waals surface area contributed by atoms with Crippen molar-refractivity contribution in [2.24, 2.45) is 5.41 Å². The van der Waals surface area contributed by atoms with Crippen molar-refractivity contribution in [2.75, 3.05) is 95.1 Å². The summed E-state index contributed by atoms with van der Waals surface area (Å²) in [4.78, 5) is 33.9. The summed E-state index contributed by atoms with van der Waals surface area (Å²) in [6.45, 7) is 10.7. The van der Waals surface area contributed by atoms with Gasteiger partial charge in [-0.15, -0.1) is 0 Å². The van der Waals surface area contributed by atoms with Crippen LogP contribution in [0.5, 0.6) is 34.5 Å². The quantitative estimate of drug-likeness (QED) is 0.385. The molecule has 2 aliphatic rings. The lowest BCUT2D eigenvalue weighted by molar-refractivity contribution is 0.0483. The number of fused-ring (bicyclic) bond motifs is 5. The molecule has 2 heterocycles. The number of nitrogens with zero attached hydrogens (tertiary/aromatic N) is 3. The first-order valence-corrected chi connectivity index (χ1v) is 16.6. The van der Waals surface area contributed by atoms with Crippen molar-refractivity contribution in [3.05, 3.63) is 35.4 Å². The molecule has 0 saturated carbocycles. The number of cyclic esters (lactones) is 1. The highest BCUT2D eigenvalue weighted by molar-refractivity contribution is 5.95. The topological polar surface area (TPSA) is 108 Å². The van der Waals surface area contributed by atoms with Crippen molar-refractivity contribution in [3.8, 4) is 34.5 Å². The molecule has 0 aliphatic carbocycles. The minimum absolute atomic E-state index is 0.0747. The number of methoxy groups -OCH3 is 5. The average Bonchev–Trinajstić information content (AvgIpc) is 3.23. The van der Waals surface area contributed by atoms with Crippen LogP contribution in [0.2, 0.25) is 0 Å². The van der Waals surface area contributed by atoms with E-state index in [-0.39, 0.29) is 17.4 Å². The summed E-state index contributed by atoms with van der Waals surface area (Å²) in [6.07, 6.45) is 2.86. The Kier molecular flexibility index (Phi) is 13.1. The van der Waals surface area contributed by atoms with Crippen LogP contribution in [0.25, 0.3) is 0 Å². The fourth-order valence-electron chi connectivity index (χ4n) is 6.71. The van der Waals surface area contributed by atoms with Crippen LogP contribution >= 0.6 is 0 Å². The van der Waals surface area contributed by atoms with Gasteiger partial charge in [-0.1, -0.05) is 13.8 Å². The minimum atomic E-state index is -0.437. The van der Waals surface area contributed by atoms with Crippen LogP contribution in [-0.4, -0.2) is 128 Å². The van der Waals surface area contributed by atoms with E-state index in [4.69, 9.17) is 33.2 Å². The molecule has 0 N–H and O–H groups in total. The minimum Gasteiger partial charge on any atom is -0.493 e. The largest absolute Gasteiger partial charge is 0.493 e. The highest BCUT2D eigenvalue weighted by Crippen LogP contribution is 2.40. The fourth-order valence-corrected chi connectivity index (χ4v) is 6.71. The van der Waals surface area contributed by atoms with Crippen molar-refractivity contribution in [1.29, 1.82) is 0 Å². The Labute approximate surface area is 285 Å². The number of carbonyl (C=O) groups is 2. The highest BCUT2D eigenvalue weighted by Gasteiger charge is 2.30. The molecule has 1 amide bonds. The van der Waals surface area contributed by atoms with Crippen LogP contribution in [-0.2, 0) is 4.74 Å². The number of ether oxygens (including phenoxy) is 7. The smallest absolute Gasteiger partial charge is 0.338 e. The third-order valence-corrected chi connectivity index (χ3v) is 9.07. The second kappa shape index (κ2) is 17.0. The van der Waals surface area contributed by atoms with E-state index in [1.54, 1.807) is 24.3 Å². The van der Waals surface area contributed by atoms with E-state index in [0.717, 1.165) is 52.1 Å². The molecule has 12 heteroatoms. The SMILES string of the molecule is COc1cc(C(=O)N(C)[C@@H]2CCCOc3cc(cc(OC)c3OC)C(=O)OCCCN3CCN(CC2)CC(C)(C)C3)cc(OC)c1OC. The predicted octanol–water partition coefficient (Wildman–Crippen LogP) is 4.62. The van der Waals surface area contributed by atoms with E-state index in [0.29, 0.717) is 71.7 Å². The normalized spacial score (nSPS) is 22.0. The summed E-state index contributed by atoms with van der Waals surface area (Å²) in [5.74, 6) is 1.90. The Morgan fingerprint density at radius 1 is 0.750 bits per heavy atom. The Morgan fingerprint density at radius 2 is 1.33 bits per heavy atom. The molecule has 2 aromatic rings. The summed E-state index contributed by atoms with van der Waals surface area (Å²) >= 11 is 0. The number of rotatable bonds is 7. The molecule has 1 fully saturated rings. The number of hydrogen-bond acceptors (Lipinski definition) is 11. The first-order chi connectivity index (χ1) is 23.0. The van der Waals surface area contributed by atoms with Gasteiger partial charge in [0.25, 0.3) is 5.91 Å². The van der Waals surface area contributed by atoms with Crippen molar-refractivity contribution >= 4 is 11.9 Å². The van der Waals surface area contributed by atoms with Gasteiger partial charge in [0, 0.05) is 57.9 Å². The molecule has 2 unspecified atom stereocenters. The summed E-state index contributed by atoms with van der Waals surface area (Å²) in [5.41, 5.74) is 0.859. The molecular weight excluding hydrogens is 618 g/mol. The van der Waals surface area contributed by atoms with Gasteiger partial charge >= 0.3 is 5.97 Å². The highest BCUT2D eigenvalue weighted by atomic mass is 16.5. The Balaban J connectivity index is 1.62. The molecule has 48 heavy (non-hydrogen) atoms. The molecule has 2 aromatic carbocycles. The Morgan fingerprint density at radius 3 is 1.94 bits per heavy atom. The Bertz CT molecular complexity index is 1370. The van der Waals surface area contributed by atoms with Gasteiger partial charge in [-0.25, -0.2) is 4.79 Å². The zero-order chi connectivity index (χ0) is 34.8. The molecule has 4 bridgehead atoms. The maximum Gasteiger partial charge on any atom is 0.338 e. The Hall–Kier alpha value is -3.90. The molecule has 0 spiro atoms. The van der Waals surface area contributed by atoms with Crippen LogP contribution in [0.4, 0.5) is 0 Å². The average molecular weight is 672 g/mol. The number of esters is 1. The first kappa shape index (κ1) is 36.9. The van der Waals surface area contributed by atoms with Gasteiger partial charge in [0.2, 0.25) is 11.5 Å². The molecule has 3 atom stereocenters. The number of carbonyl (C=O) groups excluding carboxylic acids is 2. The van der Waals surface area contributed by atoms with Gasteiger partial charge in [-0.3, -0.25) is 4.79 Å². The van der Waals surface area contributed by atoms with Crippen molar-refractivity contribution in [2.45, 2.75) is 45.6 Å². The van der Waals surface area contributed by atoms with Crippen LogP contribution in [0.1, 0.15) is 60.2 Å². The van der Waals surface area contributed by atoms with Crippen LogP contribution in [0.15, 0.2) is 24.3 Å². The zero-order valence-corrected chi connectivity index (χ0v) is 29.9. The van der Waals surface area contributed by atoms with Crippen molar-refractivity contribution in [3.63, 3.8) is 0 Å². The van der Waals surface area contributed by atoms with Crippen molar-refractivity contribution in [1.82, 2.24) is 14.7 Å². The van der Waals surface area contributed by atoms with Crippen molar-refractivity contribution < 1.29 is 42.7 Å². The summed E-state index contributed by atoms with van der Waals surface area (Å²) in [6, 6.07) is 6.55. The van der Waals surface area contributed by atoms with E-state index in [1.165, 1.54) is 35.5 Å². The molecule has 2 aliphatic heterocycles. The van der Waals surface area contributed by atoms with Gasteiger partial charge in [0.15, 0.2) is 23.0 Å². The molecule has 4 rings (SSSR count). The fraction of sp³-hybridized carbons (Fsp3) is 0.611. The van der Waals surface area contributed by atoms with E-state index >= 15 is 0 Å². The lowest BCUT2D eigenvalue weighted by Crippen LogP contribution is -2.41. The monoisotopic (exact) mass is 671 g/mol. The molecular formula is C36H53N3O9. The molecule has 12 nitrogen and oxygen atoms in total. The van der Waals surface area contributed by atoms with Crippen LogP contribution in [0.3, 0.4) is 0 Å². The maximum absolute atomic E-state index is 14.0. The van der Waals surface area contributed by atoms with Gasteiger partial charge in [-0.05, 0) is 55.4 Å². The lowest BCUT2D eigenvalue weighted by atomic mass is 9.92. The van der Waals surface area contributed by atoms with Gasteiger partial charge in [0.1, 0.15) is 0 Å². The maximum atomic E-state index is 14.0. The van der Waals surface area contributed by atoms with E-state index in [9.17, 15) is 9.59 Å². The van der Waals surface area contributed by atoms with E-state index < -0.39 is 5.97 Å². The molecule has 1 saturated heterocycles. The summed E-state index contributed by atoms with van der Waals surface area (Å²) in [5, 5.41) is 0. The van der Waals surface area contributed by atoms with E-state index in [2.05, 4.69) is 23.6 Å².